The normalized spacial score (nSPS) is 12.8. The zero-order chi connectivity index (χ0) is 16.0. The Kier molecular flexibility index (Phi) is 5.94. The molecule has 0 bridgehead atoms. The quantitative estimate of drug-likeness (QED) is 0.785. The van der Waals surface area contributed by atoms with Crippen LogP contribution in [0.2, 0.25) is 0 Å². The number of rotatable bonds is 6. The van der Waals surface area contributed by atoms with E-state index < -0.39 is 23.2 Å². The summed E-state index contributed by atoms with van der Waals surface area (Å²) in [6.07, 6.45) is 3.30. The van der Waals surface area contributed by atoms with E-state index in [1.165, 1.54) is 5.56 Å². The Bertz CT molecular complexity index is 486. The van der Waals surface area contributed by atoms with Crippen molar-refractivity contribution < 1.29 is 14.7 Å². The first-order valence-electron chi connectivity index (χ1n) is 7.38. The van der Waals surface area contributed by atoms with Gasteiger partial charge in [-0.05, 0) is 36.0 Å². The van der Waals surface area contributed by atoms with Crippen LogP contribution in [0.25, 0.3) is 0 Å². The second kappa shape index (κ2) is 7.25. The summed E-state index contributed by atoms with van der Waals surface area (Å²) in [6, 6.07) is 7.59. The molecule has 0 spiro atoms. The molecular weight excluding hydrogens is 266 g/mol. The largest absolute Gasteiger partial charge is 0.481 e. The third-order valence-corrected chi connectivity index (χ3v) is 3.42. The first-order chi connectivity index (χ1) is 9.75. The number of aliphatic carboxylic acids is 1. The van der Waals surface area contributed by atoms with E-state index in [1.54, 1.807) is 20.8 Å². The van der Waals surface area contributed by atoms with Gasteiger partial charge in [-0.15, -0.1) is 0 Å². The van der Waals surface area contributed by atoms with Crippen molar-refractivity contribution in [3.63, 3.8) is 0 Å². The third-order valence-electron chi connectivity index (χ3n) is 3.42. The molecule has 1 amide bonds. The van der Waals surface area contributed by atoms with Crippen molar-refractivity contribution >= 4 is 17.6 Å². The van der Waals surface area contributed by atoms with Gasteiger partial charge < -0.3 is 10.4 Å². The number of carboxylic acids is 1. The van der Waals surface area contributed by atoms with E-state index in [0.29, 0.717) is 5.69 Å². The number of carbonyl (C=O) groups excluding carboxylic acids is 1. The van der Waals surface area contributed by atoms with Gasteiger partial charge in [0.15, 0.2) is 0 Å². The number of unbranched alkanes of at least 4 members (excludes halogenated alkanes) is 1. The summed E-state index contributed by atoms with van der Waals surface area (Å²) in [6.45, 7) is 7.39. The highest BCUT2D eigenvalue weighted by molar-refractivity contribution is 6.04. The van der Waals surface area contributed by atoms with E-state index in [-0.39, 0.29) is 0 Å². The Morgan fingerprint density at radius 3 is 2.19 bits per heavy atom. The Balaban J connectivity index is 2.75. The molecule has 1 aromatic rings. The lowest BCUT2D eigenvalue weighted by molar-refractivity contribution is -0.149. The molecule has 0 aliphatic rings. The van der Waals surface area contributed by atoms with Crippen molar-refractivity contribution in [1.82, 2.24) is 0 Å². The van der Waals surface area contributed by atoms with Crippen LogP contribution in [0.1, 0.15) is 46.1 Å². The zero-order valence-electron chi connectivity index (χ0n) is 13.3. The van der Waals surface area contributed by atoms with Gasteiger partial charge in [0.25, 0.3) is 0 Å². The summed E-state index contributed by atoms with van der Waals surface area (Å²) in [5, 5.41) is 11.9. The van der Waals surface area contributed by atoms with Crippen molar-refractivity contribution in [3.05, 3.63) is 29.8 Å². The van der Waals surface area contributed by atoms with E-state index in [2.05, 4.69) is 12.2 Å². The van der Waals surface area contributed by atoms with Gasteiger partial charge in [-0.1, -0.05) is 46.2 Å². The summed E-state index contributed by atoms with van der Waals surface area (Å²) in [5.41, 5.74) is 1.23. The molecular formula is C17H25NO3. The monoisotopic (exact) mass is 291 g/mol. The number of amides is 1. The molecule has 2 N–H and O–H groups in total. The molecule has 0 saturated heterocycles. The van der Waals surface area contributed by atoms with Crippen molar-refractivity contribution in [2.45, 2.75) is 47.0 Å². The minimum atomic E-state index is -1.10. The molecule has 1 atom stereocenters. The predicted molar refractivity (Wildman–Crippen MR) is 84.3 cm³/mol. The fraction of sp³-hybridized carbons (Fsp3) is 0.529. The molecule has 21 heavy (non-hydrogen) atoms. The van der Waals surface area contributed by atoms with Gasteiger partial charge in [-0.25, -0.2) is 0 Å². The predicted octanol–water partition coefficient (Wildman–Crippen LogP) is 3.71. The van der Waals surface area contributed by atoms with Gasteiger partial charge >= 0.3 is 5.97 Å². The Morgan fingerprint density at radius 1 is 1.19 bits per heavy atom. The lowest BCUT2D eigenvalue weighted by atomic mass is 9.80. The molecule has 0 fully saturated rings. The number of carboxylic acid groups (broad SMARTS) is 1. The number of hydrogen-bond donors (Lipinski definition) is 2. The first kappa shape index (κ1) is 17.2. The van der Waals surface area contributed by atoms with Crippen LogP contribution in [0.15, 0.2) is 24.3 Å². The number of hydrogen-bond acceptors (Lipinski definition) is 2. The van der Waals surface area contributed by atoms with Crippen LogP contribution in [-0.2, 0) is 16.0 Å². The van der Waals surface area contributed by atoms with E-state index >= 15 is 0 Å². The molecule has 0 aromatic heterocycles. The summed E-state index contributed by atoms with van der Waals surface area (Å²) < 4.78 is 0. The second-order valence-electron chi connectivity index (χ2n) is 6.43. The van der Waals surface area contributed by atoms with Crippen LogP contribution < -0.4 is 5.32 Å². The first-order valence-corrected chi connectivity index (χ1v) is 7.38. The van der Waals surface area contributed by atoms with Crippen LogP contribution in [0.5, 0.6) is 0 Å². The van der Waals surface area contributed by atoms with Crippen molar-refractivity contribution in [3.8, 4) is 0 Å². The highest BCUT2D eigenvalue weighted by Gasteiger charge is 2.37. The highest BCUT2D eigenvalue weighted by Crippen LogP contribution is 2.27. The highest BCUT2D eigenvalue weighted by atomic mass is 16.4. The molecule has 0 saturated carbocycles. The molecule has 0 aliphatic carbocycles. The number of carbonyl (C=O) groups is 2. The van der Waals surface area contributed by atoms with Gasteiger partial charge in [0.2, 0.25) is 5.91 Å². The molecule has 1 aromatic carbocycles. The maximum Gasteiger partial charge on any atom is 0.316 e. The third kappa shape index (κ3) is 5.21. The molecule has 0 aliphatic heterocycles. The Hall–Kier alpha value is -1.84. The molecule has 4 nitrogen and oxygen atoms in total. The topological polar surface area (TPSA) is 66.4 Å². The standard InChI is InChI=1S/C17H25NO3/c1-5-6-7-12-8-10-13(11-9-12)18-15(19)14(16(20)21)17(2,3)4/h8-11,14H,5-7H2,1-4H3,(H,18,19)(H,20,21). The van der Waals surface area contributed by atoms with Crippen LogP contribution in [0.4, 0.5) is 5.69 Å². The average Bonchev–Trinajstić information content (AvgIpc) is 2.35. The molecule has 1 rings (SSSR count). The Morgan fingerprint density at radius 2 is 1.76 bits per heavy atom. The van der Waals surface area contributed by atoms with Gasteiger partial charge in [-0.2, -0.15) is 0 Å². The van der Waals surface area contributed by atoms with Crippen LogP contribution in [0, 0.1) is 11.3 Å². The smallest absolute Gasteiger partial charge is 0.316 e. The summed E-state index contributed by atoms with van der Waals surface area (Å²) >= 11 is 0. The lowest BCUT2D eigenvalue weighted by Gasteiger charge is -2.25. The van der Waals surface area contributed by atoms with E-state index in [9.17, 15) is 14.7 Å². The van der Waals surface area contributed by atoms with Crippen LogP contribution in [-0.4, -0.2) is 17.0 Å². The zero-order valence-corrected chi connectivity index (χ0v) is 13.3. The van der Waals surface area contributed by atoms with Crippen molar-refractivity contribution in [1.29, 1.82) is 0 Å². The summed E-state index contributed by atoms with van der Waals surface area (Å²) in [7, 11) is 0. The van der Waals surface area contributed by atoms with E-state index in [1.807, 2.05) is 24.3 Å². The number of nitrogens with one attached hydrogen (secondary N) is 1. The number of anilines is 1. The van der Waals surface area contributed by atoms with Gasteiger partial charge in [0, 0.05) is 5.69 Å². The molecule has 0 heterocycles. The van der Waals surface area contributed by atoms with E-state index in [0.717, 1.165) is 19.3 Å². The van der Waals surface area contributed by atoms with Gasteiger partial charge in [-0.3, -0.25) is 9.59 Å². The minimum absolute atomic E-state index is 0.476. The second-order valence-corrected chi connectivity index (χ2v) is 6.43. The maximum atomic E-state index is 12.2. The SMILES string of the molecule is CCCCc1ccc(NC(=O)C(C(=O)O)C(C)(C)C)cc1. The fourth-order valence-electron chi connectivity index (χ4n) is 2.23. The minimum Gasteiger partial charge on any atom is -0.481 e. The Labute approximate surface area is 126 Å². The molecule has 0 radical (unpaired) electrons. The molecule has 116 valence electrons. The van der Waals surface area contributed by atoms with Gasteiger partial charge in [0.05, 0.1) is 0 Å². The fourth-order valence-corrected chi connectivity index (χ4v) is 2.23. The van der Waals surface area contributed by atoms with Crippen molar-refractivity contribution in [2.75, 3.05) is 5.32 Å². The van der Waals surface area contributed by atoms with E-state index in [4.69, 9.17) is 0 Å². The number of aryl methyl sites for hydroxylation is 1. The molecule has 1 unspecified atom stereocenters. The number of benzene rings is 1. The summed E-state index contributed by atoms with van der Waals surface area (Å²) in [4.78, 5) is 23.5. The van der Waals surface area contributed by atoms with Crippen LogP contribution in [0.3, 0.4) is 0 Å². The lowest BCUT2D eigenvalue weighted by Crippen LogP contribution is -2.39. The van der Waals surface area contributed by atoms with Crippen LogP contribution >= 0.6 is 0 Å². The van der Waals surface area contributed by atoms with Crippen molar-refractivity contribution in [2.24, 2.45) is 11.3 Å². The molecule has 4 heteroatoms. The maximum absolute atomic E-state index is 12.2. The average molecular weight is 291 g/mol. The summed E-state index contributed by atoms with van der Waals surface area (Å²) in [5.74, 6) is -2.65. The van der Waals surface area contributed by atoms with Gasteiger partial charge in [0.1, 0.15) is 5.92 Å².